The number of likely N-dealkylation sites (N-methyl/N-ethyl adjacent to an activating group) is 1. The van der Waals surface area contributed by atoms with Gasteiger partial charge in [-0.3, -0.25) is 9.69 Å². The third kappa shape index (κ3) is 6.08. The Morgan fingerprint density at radius 3 is 2.29 bits per heavy atom. The van der Waals surface area contributed by atoms with Gasteiger partial charge in [-0.2, -0.15) is 0 Å². The second-order valence-corrected chi connectivity index (χ2v) is 9.32. The summed E-state index contributed by atoms with van der Waals surface area (Å²) in [6.07, 6.45) is 2.63. The van der Waals surface area contributed by atoms with Crippen LogP contribution in [0.25, 0.3) is 0 Å². The van der Waals surface area contributed by atoms with E-state index in [0.717, 1.165) is 49.8 Å². The Labute approximate surface area is 187 Å². The summed E-state index contributed by atoms with van der Waals surface area (Å²) < 4.78 is 0. The maximum Gasteiger partial charge on any atom is 0.251 e. The molecule has 0 radical (unpaired) electrons. The number of anilines is 1. The van der Waals surface area contributed by atoms with Crippen LogP contribution in [-0.2, 0) is 13.1 Å². The van der Waals surface area contributed by atoms with Gasteiger partial charge in [0, 0.05) is 57.1 Å². The van der Waals surface area contributed by atoms with Crippen LogP contribution in [0.15, 0.2) is 48.5 Å². The largest absolute Gasteiger partial charge is 0.369 e. The van der Waals surface area contributed by atoms with Crippen LogP contribution in [0.3, 0.4) is 0 Å². The zero-order valence-electron chi connectivity index (χ0n) is 19.0. The van der Waals surface area contributed by atoms with Gasteiger partial charge in [-0.15, -0.1) is 0 Å². The highest BCUT2D eigenvalue weighted by molar-refractivity contribution is 5.94. The quantitative estimate of drug-likeness (QED) is 0.775. The second kappa shape index (κ2) is 10.3. The van der Waals surface area contributed by atoms with Gasteiger partial charge in [-0.1, -0.05) is 31.2 Å². The van der Waals surface area contributed by atoms with Gasteiger partial charge >= 0.3 is 0 Å². The molecule has 0 aromatic heterocycles. The van der Waals surface area contributed by atoms with Gasteiger partial charge in [0.2, 0.25) is 0 Å². The molecule has 2 aliphatic heterocycles. The molecule has 166 valence electrons. The number of nitrogens with one attached hydrogen (secondary N) is 1. The monoisotopic (exact) mass is 420 g/mol. The molecule has 2 heterocycles. The molecule has 2 fully saturated rings. The molecule has 1 amide bonds. The van der Waals surface area contributed by atoms with Crippen molar-refractivity contribution in [1.29, 1.82) is 0 Å². The molecule has 2 aromatic rings. The van der Waals surface area contributed by atoms with E-state index in [1.807, 2.05) is 12.1 Å². The van der Waals surface area contributed by atoms with Crippen molar-refractivity contribution in [3.05, 3.63) is 65.2 Å². The number of carbonyl (C=O) groups excluding carboxylic acids is 1. The van der Waals surface area contributed by atoms with Crippen LogP contribution in [-0.4, -0.2) is 62.0 Å². The lowest BCUT2D eigenvalue weighted by atomic mass is 9.99. The predicted octanol–water partition coefficient (Wildman–Crippen LogP) is 3.60. The summed E-state index contributed by atoms with van der Waals surface area (Å²) in [6.45, 7) is 10.6. The van der Waals surface area contributed by atoms with E-state index in [-0.39, 0.29) is 5.91 Å². The Bertz CT molecular complexity index is 841. The minimum absolute atomic E-state index is 0.0127. The molecule has 1 N–H and O–H groups in total. The van der Waals surface area contributed by atoms with E-state index in [4.69, 9.17) is 0 Å². The predicted molar refractivity (Wildman–Crippen MR) is 127 cm³/mol. The first kappa shape index (κ1) is 21.8. The average Bonchev–Trinajstić information content (AvgIpc) is 2.79. The highest BCUT2D eigenvalue weighted by Gasteiger charge is 2.17. The number of benzene rings is 2. The molecule has 5 nitrogen and oxygen atoms in total. The van der Waals surface area contributed by atoms with Crippen molar-refractivity contribution in [3.63, 3.8) is 0 Å². The van der Waals surface area contributed by atoms with Crippen LogP contribution in [0.4, 0.5) is 5.69 Å². The third-order valence-corrected chi connectivity index (χ3v) is 6.62. The van der Waals surface area contributed by atoms with E-state index >= 15 is 0 Å². The summed E-state index contributed by atoms with van der Waals surface area (Å²) in [7, 11) is 2.17. The summed E-state index contributed by atoms with van der Waals surface area (Å²) >= 11 is 0. The van der Waals surface area contributed by atoms with Gasteiger partial charge in [-0.05, 0) is 67.7 Å². The smallest absolute Gasteiger partial charge is 0.251 e. The highest BCUT2D eigenvalue weighted by atomic mass is 16.1. The van der Waals surface area contributed by atoms with Crippen molar-refractivity contribution >= 4 is 11.6 Å². The summed E-state index contributed by atoms with van der Waals surface area (Å²) in [6, 6.07) is 16.7. The van der Waals surface area contributed by atoms with E-state index in [0.29, 0.717) is 6.54 Å². The first-order chi connectivity index (χ1) is 15.1. The van der Waals surface area contributed by atoms with Gasteiger partial charge in [0.05, 0.1) is 0 Å². The molecule has 0 spiro atoms. The first-order valence-corrected chi connectivity index (χ1v) is 11.7. The number of piperazine rings is 1. The fraction of sp³-hybridized carbons (Fsp3) is 0.500. The molecule has 2 aromatic carbocycles. The minimum atomic E-state index is -0.0127. The van der Waals surface area contributed by atoms with E-state index in [2.05, 4.69) is 70.4 Å². The van der Waals surface area contributed by atoms with Crippen LogP contribution in [0.2, 0.25) is 0 Å². The number of amides is 1. The fourth-order valence-corrected chi connectivity index (χ4v) is 4.62. The lowest BCUT2D eigenvalue weighted by Gasteiger charge is -2.34. The van der Waals surface area contributed by atoms with Crippen LogP contribution in [0.5, 0.6) is 0 Å². The Hall–Kier alpha value is -2.37. The molecule has 31 heavy (non-hydrogen) atoms. The summed E-state index contributed by atoms with van der Waals surface area (Å²) in [5.41, 5.74) is 4.40. The second-order valence-electron chi connectivity index (χ2n) is 9.32. The first-order valence-electron chi connectivity index (χ1n) is 11.7. The molecule has 4 rings (SSSR count). The van der Waals surface area contributed by atoms with Gasteiger partial charge in [-0.25, -0.2) is 0 Å². The molecule has 0 unspecified atom stereocenters. The molecule has 0 bridgehead atoms. The number of piperidine rings is 1. The van der Waals surface area contributed by atoms with Crippen LogP contribution in [0, 0.1) is 5.92 Å². The third-order valence-electron chi connectivity index (χ3n) is 6.62. The van der Waals surface area contributed by atoms with E-state index < -0.39 is 0 Å². The van der Waals surface area contributed by atoms with E-state index in [9.17, 15) is 4.79 Å². The zero-order chi connectivity index (χ0) is 21.6. The van der Waals surface area contributed by atoms with Crippen molar-refractivity contribution < 1.29 is 4.79 Å². The fourth-order valence-electron chi connectivity index (χ4n) is 4.62. The number of hydrogen-bond acceptors (Lipinski definition) is 4. The van der Waals surface area contributed by atoms with Crippen molar-refractivity contribution in [2.75, 3.05) is 51.2 Å². The molecule has 0 saturated carbocycles. The van der Waals surface area contributed by atoms with Crippen LogP contribution >= 0.6 is 0 Å². The van der Waals surface area contributed by atoms with Crippen molar-refractivity contribution in [3.8, 4) is 0 Å². The SMILES string of the molecule is C[C@H]1CCCN(Cc2ccc(C(=O)NCc3ccc(N4CCN(C)CC4)cc3)cc2)C1. The highest BCUT2D eigenvalue weighted by Crippen LogP contribution is 2.19. The molecular formula is C26H36N4O. The summed E-state index contributed by atoms with van der Waals surface area (Å²) in [5.74, 6) is 0.774. The van der Waals surface area contributed by atoms with E-state index in [1.54, 1.807) is 0 Å². The summed E-state index contributed by atoms with van der Waals surface area (Å²) in [4.78, 5) is 19.9. The lowest BCUT2D eigenvalue weighted by molar-refractivity contribution is 0.0951. The number of carbonyl (C=O) groups is 1. The van der Waals surface area contributed by atoms with Crippen LogP contribution in [0.1, 0.15) is 41.3 Å². The minimum Gasteiger partial charge on any atom is -0.369 e. The molecule has 1 atom stereocenters. The van der Waals surface area contributed by atoms with E-state index in [1.165, 1.54) is 37.2 Å². The standard InChI is InChI=1S/C26H36N4O/c1-21-4-3-13-29(19-21)20-23-5-9-24(10-6-23)26(31)27-18-22-7-11-25(12-8-22)30-16-14-28(2)15-17-30/h5-12,21H,3-4,13-20H2,1-2H3,(H,27,31)/t21-/m0/s1. The van der Waals surface area contributed by atoms with Gasteiger partial charge < -0.3 is 15.1 Å². The molecule has 2 saturated heterocycles. The van der Waals surface area contributed by atoms with Gasteiger partial charge in [0.15, 0.2) is 0 Å². The maximum atomic E-state index is 12.6. The molecule has 2 aliphatic rings. The summed E-state index contributed by atoms with van der Waals surface area (Å²) in [5, 5.41) is 3.06. The average molecular weight is 421 g/mol. The normalized spacial score (nSPS) is 20.6. The number of rotatable bonds is 6. The van der Waals surface area contributed by atoms with Crippen LogP contribution < -0.4 is 10.2 Å². The van der Waals surface area contributed by atoms with Crippen molar-refractivity contribution in [1.82, 2.24) is 15.1 Å². The maximum absolute atomic E-state index is 12.6. The zero-order valence-corrected chi connectivity index (χ0v) is 19.0. The van der Waals surface area contributed by atoms with Gasteiger partial charge in [0.1, 0.15) is 0 Å². The Balaban J connectivity index is 1.25. The molecule has 5 heteroatoms. The van der Waals surface area contributed by atoms with Gasteiger partial charge in [0.25, 0.3) is 5.91 Å². The molecular weight excluding hydrogens is 384 g/mol. The Morgan fingerprint density at radius 2 is 1.61 bits per heavy atom. The number of nitrogens with zero attached hydrogens (tertiary/aromatic N) is 3. The van der Waals surface area contributed by atoms with Crippen molar-refractivity contribution in [2.45, 2.75) is 32.9 Å². The lowest BCUT2D eigenvalue weighted by Crippen LogP contribution is -2.44. The topological polar surface area (TPSA) is 38.8 Å². The Kier molecular flexibility index (Phi) is 7.25. The number of likely N-dealkylation sites (tertiary alicyclic amines) is 1. The molecule has 0 aliphatic carbocycles. The number of hydrogen-bond donors (Lipinski definition) is 1. The Morgan fingerprint density at radius 1 is 0.935 bits per heavy atom. The van der Waals surface area contributed by atoms with Crippen molar-refractivity contribution in [2.24, 2.45) is 5.92 Å².